The fraction of sp³-hybridized carbons (Fsp3) is 0.609. The number of nitrogens with one attached hydrogen (secondary N) is 2. The van der Waals surface area contributed by atoms with Gasteiger partial charge in [0.25, 0.3) is 0 Å². The Kier molecular flexibility index (Phi) is 9.99. The van der Waals surface area contributed by atoms with E-state index in [0.717, 1.165) is 5.56 Å². The molecule has 7 nitrogen and oxygen atoms in total. The van der Waals surface area contributed by atoms with Crippen molar-refractivity contribution in [1.29, 1.82) is 0 Å². The topological polar surface area (TPSA) is 98.7 Å². The minimum Gasteiger partial charge on any atom is -0.480 e. The van der Waals surface area contributed by atoms with Crippen LogP contribution in [0.15, 0.2) is 30.3 Å². The van der Waals surface area contributed by atoms with Gasteiger partial charge in [0, 0.05) is 31.0 Å². The molecule has 1 aromatic rings. The third-order valence-electron chi connectivity index (χ3n) is 5.82. The third kappa shape index (κ3) is 7.13. The average molecular weight is 420 g/mol. The highest BCUT2D eigenvalue weighted by molar-refractivity contribution is 5.86. The van der Waals surface area contributed by atoms with Gasteiger partial charge < -0.3 is 20.6 Å². The zero-order valence-corrected chi connectivity index (χ0v) is 19.1. The fourth-order valence-electron chi connectivity index (χ4n) is 3.83. The molecule has 2 amide bonds. The summed E-state index contributed by atoms with van der Waals surface area (Å²) in [6.45, 7) is 10.2. The lowest BCUT2D eigenvalue weighted by Gasteiger charge is -2.34. The van der Waals surface area contributed by atoms with E-state index in [4.69, 9.17) is 5.11 Å². The molecule has 0 spiro atoms. The van der Waals surface area contributed by atoms with Gasteiger partial charge in [0.2, 0.25) is 11.8 Å². The van der Waals surface area contributed by atoms with Crippen molar-refractivity contribution in [1.82, 2.24) is 15.5 Å². The van der Waals surface area contributed by atoms with Crippen LogP contribution in [0, 0.1) is 11.8 Å². The lowest BCUT2D eigenvalue weighted by Crippen LogP contribution is -2.51. The average Bonchev–Trinajstić information content (AvgIpc) is 2.69. The number of hydrogen-bond acceptors (Lipinski definition) is 4. The highest BCUT2D eigenvalue weighted by Gasteiger charge is 2.35. The van der Waals surface area contributed by atoms with Gasteiger partial charge in [-0.3, -0.25) is 14.4 Å². The molecular weight excluding hydrogens is 382 g/mol. The van der Waals surface area contributed by atoms with Crippen molar-refractivity contribution >= 4 is 17.8 Å². The Bertz CT molecular complexity index is 704. The number of carboxylic acids is 1. The largest absolute Gasteiger partial charge is 0.480 e. The van der Waals surface area contributed by atoms with Crippen molar-refractivity contribution in [3.05, 3.63) is 35.9 Å². The Morgan fingerprint density at radius 2 is 1.70 bits per heavy atom. The van der Waals surface area contributed by atoms with E-state index < -0.39 is 5.97 Å². The Morgan fingerprint density at radius 3 is 2.20 bits per heavy atom. The highest BCUT2D eigenvalue weighted by atomic mass is 16.4. The van der Waals surface area contributed by atoms with Crippen molar-refractivity contribution in [2.45, 2.75) is 52.5 Å². The quantitative estimate of drug-likeness (QED) is 0.483. The summed E-state index contributed by atoms with van der Waals surface area (Å²) in [6, 6.07) is 9.75. The molecule has 1 aromatic carbocycles. The highest BCUT2D eigenvalue weighted by Crippen LogP contribution is 2.33. The number of nitrogens with zero attached hydrogens (tertiary/aromatic N) is 1. The lowest BCUT2D eigenvalue weighted by atomic mass is 9.71. The van der Waals surface area contributed by atoms with Crippen LogP contribution in [-0.4, -0.2) is 60.5 Å². The van der Waals surface area contributed by atoms with Gasteiger partial charge in [0.1, 0.15) is 0 Å². The number of carbonyl (C=O) groups is 3. The van der Waals surface area contributed by atoms with Crippen molar-refractivity contribution in [2.24, 2.45) is 11.8 Å². The molecule has 0 unspecified atom stereocenters. The maximum atomic E-state index is 12.9. The Labute approximate surface area is 180 Å². The molecule has 0 fully saturated rings. The molecule has 7 heteroatoms. The van der Waals surface area contributed by atoms with Crippen LogP contribution in [0.4, 0.5) is 0 Å². The van der Waals surface area contributed by atoms with Gasteiger partial charge in [0.05, 0.1) is 13.1 Å². The Hall–Kier alpha value is -2.41. The van der Waals surface area contributed by atoms with E-state index in [1.165, 1.54) is 0 Å². The first-order valence-corrected chi connectivity index (χ1v) is 10.5. The van der Waals surface area contributed by atoms with Gasteiger partial charge in [-0.25, -0.2) is 0 Å². The Balaban J connectivity index is 2.74. The maximum Gasteiger partial charge on any atom is 0.317 e. The first-order valence-electron chi connectivity index (χ1n) is 10.5. The van der Waals surface area contributed by atoms with Crippen molar-refractivity contribution in [3.8, 4) is 0 Å². The molecule has 168 valence electrons. The van der Waals surface area contributed by atoms with Crippen molar-refractivity contribution in [3.63, 3.8) is 0 Å². The SMILES string of the molecule is CC[C@H](C(=O)NCC(=O)N(C)[C@H](CNCC(=O)O)C(C)C)C(C)(C)c1ccccc1. The second-order valence-electron chi connectivity index (χ2n) is 8.61. The maximum absolute atomic E-state index is 12.9. The zero-order chi connectivity index (χ0) is 22.9. The number of hydrogen-bond donors (Lipinski definition) is 3. The summed E-state index contributed by atoms with van der Waals surface area (Å²) in [6.07, 6.45) is 0.658. The fourth-order valence-corrected chi connectivity index (χ4v) is 3.83. The van der Waals surface area contributed by atoms with Crippen LogP contribution < -0.4 is 10.6 Å². The summed E-state index contributed by atoms with van der Waals surface area (Å²) in [5.41, 5.74) is 0.718. The number of amides is 2. The monoisotopic (exact) mass is 419 g/mol. The van der Waals surface area contributed by atoms with Gasteiger partial charge >= 0.3 is 5.97 Å². The molecule has 0 aromatic heterocycles. The number of carbonyl (C=O) groups excluding carboxylic acids is 2. The molecule has 0 aliphatic carbocycles. The van der Waals surface area contributed by atoms with Crippen LogP contribution in [-0.2, 0) is 19.8 Å². The van der Waals surface area contributed by atoms with Gasteiger partial charge in [-0.15, -0.1) is 0 Å². The molecule has 30 heavy (non-hydrogen) atoms. The molecule has 0 heterocycles. The molecule has 0 aliphatic heterocycles. The number of carboxylic acid groups (broad SMARTS) is 1. The van der Waals surface area contributed by atoms with E-state index in [-0.39, 0.29) is 48.2 Å². The molecule has 3 N–H and O–H groups in total. The smallest absolute Gasteiger partial charge is 0.317 e. The van der Waals surface area contributed by atoms with E-state index in [9.17, 15) is 14.4 Å². The number of rotatable bonds is 12. The molecule has 1 rings (SSSR count). The second kappa shape index (κ2) is 11.7. The number of likely N-dealkylation sites (N-methyl/N-ethyl adjacent to an activating group) is 1. The molecular formula is C23H37N3O4. The summed E-state index contributed by atoms with van der Waals surface area (Å²) in [5.74, 6) is -1.41. The summed E-state index contributed by atoms with van der Waals surface area (Å²) in [5, 5.41) is 14.5. The molecule has 0 saturated carbocycles. The van der Waals surface area contributed by atoms with Crippen LogP contribution in [0.2, 0.25) is 0 Å². The molecule has 0 radical (unpaired) electrons. The summed E-state index contributed by atoms with van der Waals surface area (Å²) >= 11 is 0. The van der Waals surface area contributed by atoms with Crippen LogP contribution in [0.3, 0.4) is 0 Å². The van der Waals surface area contributed by atoms with E-state index in [1.807, 2.05) is 65.0 Å². The minimum absolute atomic E-state index is 0.0845. The normalized spacial score (nSPS) is 13.6. The van der Waals surface area contributed by atoms with Gasteiger partial charge in [0.15, 0.2) is 0 Å². The second-order valence-corrected chi connectivity index (χ2v) is 8.61. The first kappa shape index (κ1) is 25.6. The predicted molar refractivity (Wildman–Crippen MR) is 118 cm³/mol. The molecule has 0 saturated heterocycles. The van der Waals surface area contributed by atoms with Crippen molar-refractivity contribution < 1.29 is 19.5 Å². The molecule has 2 atom stereocenters. The van der Waals surface area contributed by atoms with Crippen molar-refractivity contribution in [2.75, 3.05) is 26.7 Å². The van der Waals surface area contributed by atoms with Gasteiger partial charge in [-0.1, -0.05) is 65.0 Å². The number of aliphatic carboxylic acids is 1. The summed E-state index contributed by atoms with van der Waals surface area (Å²) < 4.78 is 0. The van der Waals surface area contributed by atoms with Gasteiger partial charge in [-0.2, -0.15) is 0 Å². The minimum atomic E-state index is -0.939. The van der Waals surface area contributed by atoms with Gasteiger partial charge in [-0.05, 0) is 17.9 Å². The molecule has 0 bridgehead atoms. The lowest BCUT2D eigenvalue weighted by molar-refractivity contribution is -0.136. The van der Waals surface area contributed by atoms with E-state index in [0.29, 0.717) is 13.0 Å². The Morgan fingerprint density at radius 1 is 1.10 bits per heavy atom. The first-order chi connectivity index (χ1) is 14.0. The summed E-state index contributed by atoms with van der Waals surface area (Å²) in [7, 11) is 1.69. The predicted octanol–water partition coefficient (Wildman–Crippen LogP) is 2.26. The van der Waals surface area contributed by atoms with Crippen LogP contribution in [0.5, 0.6) is 0 Å². The van der Waals surface area contributed by atoms with Crippen LogP contribution in [0.25, 0.3) is 0 Å². The van der Waals surface area contributed by atoms with Crippen LogP contribution >= 0.6 is 0 Å². The van der Waals surface area contributed by atoms with E-state index in [2.05, 4.69) is 10.6 Å². The summed E-state index contributed by atoms with van der Waals surface area (Å²) in [4.78, 5) is 37.9. The third-order valence-corrected chi connectivity index (χ3v) is 5.82. The van der Waals surface area contributed by atoms with E-state index in [1.54, 1.807) is 11.9 Å². The zero-order valence-electron chi connectivity index (χ0n) is 19.1. The number of benzene rings is 1. The van der Waals surface area contributed by atoms with Crippen LogP contribution in [0.1, 0.15) is 46.6 Å². The molecule has 0 aliphatic rings. The van der Waals surface area contributed by atoms with E-state index >= 15 is 0 Å². The standard InChI is InChI=1S/C23H37N3O4/c1-7-18(23(4,5)17-11-9-8-10-12-17)22(30)25-14-20(27)26(6)19(16(2)3)13-24-15-21(28)29/h8-12,16,18-19,24H,7,13-15H2,1-6H3,(H,25,30)(H,28,29)/t18-,19-/m1/s1.